The summed E-state index contributed by atoms with van der Waals surface area (Å²) in [6.45, 7) is 1.78. The van der Waals surface area contributed by atoms with Gasteiger partial charge in [-0.1, -0.05) is 11.6 Å². The van der Waals surface area contributed by atoms with Crippen LogP contribution in [0.25, 0.3) is 0 Å². The smallest absolute Gasteiger partial charge is 0.149 e. The molecule has 1 aromatic rings. The number of nitrogens with zero attached hydrogens (tertiary/aromatic N) is 1. The lowest BCUT2D eigenvalue weighted by atomic mass is 10.3. The normalized spacial score (nSPS) is 13.5. The number of aromatic nitrogens is 1. The molecule has 1 unspecified atom stereocenters. The van der Waals surface area contributed by atoms with Gasteiger partial charge in [-0.05, 0) is 28.9 Å². The molecule has 0 aliphatic carbocycles. The van der Waals surface area contributed by atoms with Crippen molar-refractivity contribution in [2.24, 2.45) is 0 Å². The summed E-state index contributed by atoms with van der Waals surface area (Å²) in [4.78, 5) is 4.06. The lowest BCUT2D eigenvalue weighted by Gasteiger charge is -2.14. The van der Waals surface area contributed by atoms with Crippen LogP contribution in [0.1, 0.15) is 6.92 Å². The molecule has 90 valence electrons. The molecule has 0 spiro atoms. The van der Waals surface area contributed by atoms with Gasteiger partial charge in [0.1, 0.15) is 15.7 Å². The summed E-state index contributed by atoms with van der Waals surface area (Å²) in [6, 6.07) is 1.49. The molecule has 0 radical (unpaired) electrons. The van der Waals surface area contributed by atoms with Crippen LogP contribution >= 0.6 is 27.5 Å². The van der Waals surface area contributed by atoms with Crippen molar-refractivity contribution in [3.8, 4) is 0 Å². The van der Waals surface area contributed by atoms with Crippen LogP contribution in [0.4, 0.5) is 5.82 Å². The fraction of sp³-hybridized carbons (Fsp3) is 0.444. The maximum atomic E-state index is 11.1. The number of sulfone groups is 1. The summed E-state index contributed by atoms with van der Waals surface area (Å²) in [7, 11) is -3.00. The first-order chi connectivity index (χ1) is 7.28. The zero-order chi connectivity index (χ0) is 12.3. The van der Waals surface area contributed by atoms with Crippen LogP contribution in [0.15, 0.2) is 16.7 Å². The Morgan fingerprint density at radius 1 is 1.62 bits per heavy atom. The van der Waals surface area contributed by atoms with Crippen molar-refractivity contribution in [3.63, 3.8) is 0 Å². The Kier molecular flexibility index (Phi) is 4.58. The number of hydrogen-bond acceptors (Lipinski definition) is 4. The van der Waals surface area contributed by atoms with E-state index < -0.39 is 9.84 Å². The Bertz CT molecular complexity index is 478. The fourth-order valence-electron chi connectivity index (χ4n) is 1.25. The lowest BCUT2D eigenvalue weighted by Crippen LogP contribution is -2.25. The monoisotopic (exact) mass is 326 g/mol. The molecule has 4 nitrogen and oxygen atoms in total. The summed E-state index contributed by atoms with van der Waals surface area (Å²) in [5.74, 6) is 0.643. The predicted octanol–water partition coefficient (Wildman–Crippen LogP) is 2.34. The number of pyridine rings is 1. The van der Waals surface area contributed by atoms with Gasteiger partial charge in [-0.2, -0.15) is 0 Å². The van der Waals surface area contributed by atoms with Crippen LogP contribution in [0.2, 0.25) is 5.02 Å². The van der Waals surface area contributed by atoms with Crippen LogP contribution in [0.5, 0.6) is 0 Å². The Hall–Kier alpha value is -0.330. The quantitative estimate of drug-likeness (QED) is 0.922. The highest BCUT2D eigenvalue weighted by atomic mass is 79.9. The Morgan fingerprint density at radius 3 is 2.75 bits per heavy atom. The van der Waals surface area contributed by atoms with Gasteiger partial charge in [0, 0.05) is 18.5 Å². The molecular weight excluding hydrogens is 316 g/mol. The number of hydrogen-bond donors (Lipinski definition) is 1. The van der Waals surface area contributed by atoms with E-state index in [0.29, 0.717) is 15.3 Å². The van der Waals surface area contributed by atoms with Gasteiger partial charge in [0.05, 0.1) is 15.2 Å². The van der Waals surface area contributed by atoms with E-state index in [1.165, 1.54) is 12.5 Å². The van der Waals surface area contributed by atoms with Crippen molar-refractivity contribution in [1.29, 1.82) is 0 Å². The van der Waals surface area contributed by atoms with Crippen molar-refractivity contribution in [3.05, 3.63) is 21.8 Å². The van der Waals surface area contributed by atoms with Crippen molar-refractivity contribution >= 4 is 43.2 Å². The van der Waals surface area contributed by atoms with E-state index in [4.69, 9.17) is 11.6 Å². The molecule has 0 fully saturated rings. The summed E-state index contributed by atoms with van der Waals surface area (Å²) in [6.07, 6.45) is 2.71. The third kappa shape index (κ3) is 4.67. The lowest BCUT2D eigenvalue weighted by molar-refractivity contribution is 0.598. The van der Waals surface area contributed by atoms with Gasteiger partial charge in [0.2, 0.25) is 0 Å². The van der Waals surface area contributed by atoms with E-state index in [1.54, 1.807) is 13.0 Å². The zero-order valence-corrected chi connectivity index (χ0v) is 12.0. The number of anilines is 1. The molecule has 0 aliphatic rings. The minimum Gasteiger partial charge on any atom is -0.366 e. The van der Waals surface area contributed by atoms with Crippen molar-refractivity contribution < 1.29 is 8.42 Å². The molecule has 0 amide bonds. The topological polar surface area (TPSA) is 59.1 Å². The van der Waals surface area contributed by atoms with E-state index in [9.17, 15) is 8.42 Å². The molecular formula is C9H12BrClN2O2S. The largest absolute Gasteiger partial charge is 0.366 e. The summed E-state index contributed by atoms with van der Waals surface area (Å²) in [5, 5.41) is 3.52. The second-order valence-electron chi connectivity index (χ2n) is 3.62. The SMILES string of the molecule is CC(CS(C)(=O)=O)Nc1ncc(Cl)cc1Br. The number of nitrogens with one attached hydrogen (secondary N) is 1. The van der Waals surface area contributed by atoms with Gasteiger partial charge in [-0.3, -0.25) is 0 Å². The Labute approximate surface area is 108 Å². The second-order valence-corrected chi connectivity index (χ2v) is 7.10. The highest BCUT2D eigenvalue weighted by Crippen LogP contribution is 2.23. The van der Waals surface area contributed by atoms with E-state index in [2.05, 4.69) is 26.2 Å². The molecule has 0 saturated carbocycles. The number of halogens is 2. The molecule has 0 aromatic carbocycles. The molecule has 0 aliphatic heterocycles. The highest BCUT2D eigenvalue weighted by molar-refractivity contribution is 9.10. The molecule has 7 heteroatoms. The van der Waals surface area contributed by atoms with E-state index in [-0.39, 0.29) is 11.8 Å². The molecule has 1 atom stereocenters. The standard InChI is InChI=1S/C9H12BrClN2O2S/c1-6(5-16(2,14)15)13-9-8(10)3-7(11)4-12-9/h3-4,6H,5H2,1-2H3,(H,12,13). The Morgan fingerprint density at radius 2 is 2.25 bits per heavy atom. The molecule has 1 aromatic heterocycles. The van der Waals surface area contributed by atoms with Gasteiger partial charge in [0.15, 0.2) is 0 Å². The van der Waals surface area contributed by atoms with Crippen molar-refractivity contribution in [2.75, 3.05) is 17.3 Å². The molecule has 0 bridgehead atoms. The first-order valence-corrected chi connectivity index (χ1v) is 7.76. The molecule has 16 heavy (non-hydrogen) atoms. The first-order valence-electron chi connectivity index (χ1n) is 4.53. The van der Waals surface area contributed by atoms with Crippen LogP contribution in [0, 0.1) is 0 Å². The average molecular weight is 328 g/mol. The van der Waals surface area contributed by atoms with Gasteiger partial charge >= 0.3 is 0 Å². The maximum Gasteiger partial charge on any atom is 0.149 e. The van der Waals surface area contributed by atoms with Gasteiger partial charge < -0.3 is 5.32 Å². The molecule has 1 heterocycles. The van der Waals surface area contributed by atoms with Crippen LogP contribution in [0.3, 0.4) is 0 Å². The van der Waals surface area contributed by atoms with E-state index in [0.717, 1.165) is 0 Å². The third-order valence-corrected chi connectivity index (χ3v) is 3.66. The zero-order valence-electron chi connectivity index (χ0n) is 8.87. The highest BCUT2D eigenvalue weighted by Gasteiger charge is 2.12. The fourth-order valence-corrected chi connectivity index (χ4v) is 2.99. The first kappa shape index (κ1) is 13.7. The minimum atomic E-state index is -3.00. The summed E-state index contributed by atoms with van der Waals surface area (Å²) < 4.78 is 22.9. The number of rotatable bonds is 4. The molecule has 0 saturated heterocycles. The van der Waals surface area contributed by atoms with Gasteiger partial charge in [0.25, 0.3) is 0 Å². The molecule has 1 rings (SSSR count). The summed E-state index contributed by atoms with van der Waals surface area (Å²) >= 11 is 9.04. The molecule has 1 N–H and O–H groups in total. The Balaban J connectivity index is 2.73. The van der Waals surface area contributed by atoms with Gasteiger partial charge in [-0.15, -0.1) is 0 Å². The second kappa shape index (κ2) is 5.33. The van der Waals surface area contributed by atoms with Crippen LogP contribution < -0.4 is 5.32 Å². The van der Waals surface area contributed by atoms with E-state index >= 15 is 0 Å². The third-order valence-electron chi connectivity index (χ3n) is 1.74. The van der Waals surface area contributed by atoms with Crippen molar-refractivity contribution in [1.82, 2.24) is 4.98 Å². The maximum absolute atomic E-state index is 11.1. The predicted molar refractivity (Wildman–Crippen MR) is 69.7 cm³/mol. The van der Waals surface area contributed by atoms with E-state index in [1.807, 2.05) is 0 Å². The van der Waals surface area contributed by atoms with Crippen molar-refractivity contribution in [2.45, 2.75) is 13.0 Å². The van der Waals surface area contributed by atoms with Gasteiger partial charge in [-0.25, -0.2) is 13.4 Å². The average Bonchev–Trinajstić information content (AvgIpc) is 2.06. The van der Waals surface area contributed by atoms with Crippen LogP contribution in [-0.4, -0.2) is 31.5 Å². The van der Waals surface area contributed by atoms with Crippen LogP contribution in [-0.2, 0) is 9.84 Å². The minimum absolute atomic E-state index is 0.0593. The summed E-state index contributed by atoms with van der Waals surface area (Å²) in [5.41, 5.74) is 0.